The Balaban J connectivity index is 5.73. The molecule has 0 radical (unpaired) electrons. The molecule has 0 amide bonds. The van der Waals surface area contributed by atoms with Gasteiger partial charge in [-0.15, -0.1) is 0 Å². The van der Waals surface area contributed by atoms with Crippen LogP contribution in [0.5, 0.6) is 0 Å². The van der Waals surface area contributed by atoms with Crippen molar-refractivity contribution in [3.63, 3.8) is 0 Å². The normalized spacial score (nSPS) is 15.3. The number of hydrogen-bond acceptors (Lipinski definition) is 0. The number of hydrogen-bond donors (Lipinski definition) is 0. The van der Waals surface area contributed by atoms with E-state index in [2.05, 4.69) is 0 Å². The molecule has 12 heteroatoms. The fraction of sp³-hybridized carbons (Fsp3) is 1.00. The van der Waals surface area contributed by atoms with Crippen LogP contribution < -0.4 is 0 Å². The fourth-order valence-corrected chi connectivity index (χ4v) is 2.18. The number of rotatable bonds is 12. The molecule has 0 aliphatic heterocycles. The van der Waals surface area contributed by atoms with Crippen molar-refractivity contribution in [1.29, 1.82) is 0 Å². The van der Waals surface area contributed by atoms with Gasteiger partial charge in [0, 0.05) is 12.8 Å². The molecular weight excluding hydrogens is 408 g/mol. The van der Waals surface area contributed by atoms with Gasteiger partial charge < -0.3 is 0 Å². The van der Waals surface area contributed by atoms with Crippen LogP contribution in [0.4, 0.5) is 52.7 Å². The Morgan fingerprint density at radius 2 is 0.815 bits per heavy atom. The lowest BCUT2D eigenvalue weighted by Gasteiger charge is -2.41. The van der Waals surface area contributed by atoms with E-state index in [4.69, 9.17) is 0 Å². The van der Waals surface area contributed by atoms with E-state index in [9.17, 15) is 52.7 Å². The van der Waals surface area contributed by atoms with Gasteiger partial charge in [0.15, 0.2) is 0 Å². The third-order valence-electron chi connectivity index (χ3n) is 4.14. The number of halogens is 12. The lowest BCUT2D eigenvalue weighted by molar-refractivity contribution is -0.425. The summed E-state index contributed by atoms with van der Waals surface area (Å²) in [4.78, 5) is 0. The molecule has 0 bridgehead atoms. The van der Waals surface area contributed by atoms with Crippen LogP contribution in [0.2, 0.25) is 0 Å². The summed E-state index contributed by atoms with van der Waals surface area (Å²) in [5.41, 5.74) is 0. The smallest absolute Gasteiger partial charge is 0.200 e. The topological polar surface area (TPSA) is 0 Å². The van der Waals surface area contributed by atoms with Crippen molar-refractivity contribution in [2.24, 2.45) is 0 Å². The van der Waals surface area contributed by atoms with E-state index in [1.54, 1.807) is 6.92 Å². The molecule has 0 rings (SSSR count). The van der Waals surface area contributed by atoms with Crippen LogP contribution in [0, 0.1) is 0 Å². The molecule has 0 aromatic rings. The van der Waals surface area contributed by atoms with Gasteiger partial charge in [0.2, 0.25) is 0 Å². The van der Waals surface area contributed by atoms with Crippen molar-refractivity contribution in [1.82, 2.24) is 0 Å². The predicted molar refractivity (Wildman–Crippen MR) is 73.3 cm³/mol. The van der Waals surface area contributed by atoms with Gasteiger partial charge in [-0.2, -0.15) is 52.7 Å². The maximum absolute atomic E-state index is 13.5. The molecule has 0 N–H and O–H groups in total. The van der Waals surface area contributed by atoms with Crippen LogP contribution >= 0.6 is 0 Å². The van der Waals surface area contributed by atoms with E-state index in [0.717, 1.165) is 0 Å². The largest absolute Gasteiger partial charge is 0.384 e. The molecule has 27 heavy (non-hydrogen) atoms. The molecule has 0 aromatic carbocycles. The lowest BCUT2D eigenvalue weighted by Crippen LogP contribution is -2.70. The minimum Gasteiger partial charge on any atom is -0.200 e. The molecule has 0 saturated heterocycles. The van der Waals surface area contributed by atoms with Crippen LogP contribution in [0.3, 0.4) is 0 Å². The van der Waals surface area contributed by atoms with Crippen molar-refractivity contribution in [2.45, 2.75) is 94.3 Å². The van der Waals surface area contributed by atoms with Gasteiger partial charge in [-0.1, -0.05) is 39.5 Å². The van der Waals surface area contributed by atoms with Gasteiger partial charge in [-0.05, 0) is 6.42 Å². The standard InChI is InChI=1S/C15H20F12/c1-3-5-6-7-8-9-11(18,19)13(22,23)15(26,27)14(24,25)12(20,21)10(16,17)4-2/h3-9H2,1-2H3. The van der Waals surface area contributed by atoms with Gasteiger partial charge in [-0.25, -0.2) is 0 Å². The van der Waals surface area contributed by atoms with E-state index < -0.39 is 54.8 Å². The summed E-state index contributed by atoms with van der Waals surface area (Å²) in [5.74, 6) is -40.5. The van der Waals surface area contributed by atoms with Crippen LogP contribution in [0.15, 0.2) is 0 Å². The summed E-state index contributed by atoms with van der Waals surface area (Å²) in [7, 11) is 0. The highest BCUT2D eigenvalue weighted by Gasteiger charge is 2.89. The van der Waals surface area contributed by atoms with Crippen molar-refractivity contribution < 1.29 is 52.7 Å². The van der Waals surface area contributed by atoms with E-state index in [0.29, 0.717) is 12.8 Å². The Labute approximate surface area is 148 Å². The predicted octanol–water partition coefficient (Wildman–Crippen LogP) is 7.57. The van der Waals surface area contributed by atoms with E-state index in [-0.39, 0.29) is 19.8 Å². The first-order valence-electron chi connectivity index (χ1n) is 8.14. The van der Waals surface area contributed by atoms with E-state index >= 15 is 0 Å². The summed E-state index contributed by atoms with van der Waals surface area (Å²) in [5, 5.41) is 0. The molecule has 0 nitrogen and oxygen atoms in total. The first-order valence-corrected chi connectivity index (χ1v) is 8.14. The summed E-state index contributed by atoms with van der Waals surface area (Å²) in [6, 6.07) is 0. The molecule has 0 aliphatic rings. The SMILES string of the molecule is CCCCCCCC(F)(F)C(F)(F)C(F)(F)C(F)(F)C(F)(F)C(F)(F)CC. The highest BCUT2D eigenvalue weighted by Crippen LogP contribution is 2.61. The van der Waals surface area contributed by atoms with Crippen molar-refractivity contribution in [2.75, 3.05) is 0 Å². The van der Waals surface area contributed by atoms with Crippen LogP contribution in [0.25, 0.3) is 0 Å². The third-order valence-corrected chi connectivity index (χ3v) is 4.14. The van der Waals surface area contributed by atoms with Gasteiger partial charge in [0.1, 0.15) is 0 Å². The zero-order chi connectivity index (χ0) is 21.9. The van der Waals surface area contributed by atoms with Crippen LogP contribution in [0.1, 0.15) is 58.8 Å². The summed E-state index contributed by atoms with van der Waals surface area (Å²) >= 11 is 0. The summed E-state index contributed by atoms with van der Waals surface area (Å²) in [6.45, 7) is 1.93. The lowest BCUT2D eigenvalue weighted by atomic mass is 9.89. The van der Waals surface area contributed by atoms with Crippen LogP contribution in [-0.4, -0.2) is 35.5 Å². The second-order valence-electron chi connectivity index (χ2n) is 6.22. The maximum atomic E-state index is 13.5. The molecule has 0 atom stereocenters. The Kier molecular flexibility index (Phi) is 8.01. The molecule has 164 valence electrons. The van der Waals surface area contributed by atoms with Crippen LogP contribution in [-0.2, 0) is 0 Å². The van der Waals surface area contributed by atoms with E-state index in [1.165, 1.54) is 0 Å². The van der Waals surface area contributed by atoms with Gasteiger partial charge in [0.05, 0.1) is 0 Å². The molecule has 0 aliphatic carbocycles. The quantitative estimate of drug-likeness (QED) is 0.222. The third kappa shape index (κ3) is 4.44. The Morgan fingerprint density at radius 3 is 1.19 bits per heavy atom. The molecule has 0 unspecified atom stereocenters. The first-order chi connectivity index (χ1) is 11.9. The van der Waals surface area contributed by atoms with Crippen molar-refractivity contribution >= 4 is 0 Å². The zero-order valence-corrected chi connectivity index (χ0v) is 14.5. The maximum Gasteiger partial charge on any atom is 0.384 e. The minimum absolute atomic E-state index is 0.120. The van der Waals surface area contributed by atoms with Gasteiger partial charge in [-0.3, -0.25) is 0 Å². The number of unbranched alkanes of at least 4 members (excludes halogenated alkanes) is 4. The highest BCUT2D eigenvalue weighted by atomic mass is 19.4. The molecule has 0 fully saturated rings. The Morgan fingerprint density at radius 1 is 0.444 bits per heavy atom. The molecule has 0 saturated carbocycles. The van der Waals surface area contributed by atoms with Crippen molar-refractivity contribution in [3.8, 4) is 0 Å². The molecule has 0 spiro atoms. The van der Waals surface area contributed by atoms with E-state index in [1.807, 2.05) is 0 Å². The molecular formula is C15H20F12. The van der Waals surface area contributed by atoms with Gasteiger partial charge in [0.25, 0.3) is 0 Å². The van der Waals surface area contributed by atoms with Crippen molar-refractivity contribution in [3.05, 3.63) is 0 Å². The molecule has 0 aromatic heterocycles. The Bertz CT molecular complexity index is 469. The fourth-order valence-electron chi connectivity index (χ4n) is 2.18. The second kappa shape index (κ2) is 8.26. The number of alkyl halides is 12. The summed E-state index contributed by atoms with van der Waals surface area (Å²) < 4.78 is 160. The minimum atomic E-state index is -7.44. The zero-order valence-electron chi connectivity index (χ0n) is 14.5. The first kappa shape index (κ1) is 26.2. The highest BCUT2D eigenvalue weighted by molar-refractivity contribution is 5.11. The monoisotopic (exact) mass is 428 g/mol. The molecule has 0 heterocycles. The summed E-state index contributed by atoms with van der Waals surface area (Å²) in [6.07, 6.45) is -3.59. The second-order valence-corrected chi connectivity index (χ2v) is 6.22. The average Bonchev–Trinajstić information content (AvgIpc) is 2.53. The van der Waals surface area contributed by atoms with Gasteiger partial charge >= 0.3 is 35.5 Å². The Hall–Kier alpha value is -0.840. The average molecular weight is 428 g/mol.